The quantitative estimate of drug-likeness (QED) is 0.563. The van der Waals surface area contributed by atoms with Gasteiger partial charge in [-0.05, 0) is 31.0 Å². The van der Waals surface area contributed by atoms with Crippen molar-refractivity contribution < 1.29 is 9.47 Å². The van der Waals surface area contributed by atoms with Crippen molar-refractivity contribution in [3.8, 4) is 11.6 Å². The van der Waals surface area contributed by atoms with E-state index in [1.165, 1.54) is 4.68 Å². The summed E-state index contributed by atoms with van der Waals surface area (Å²) in [4.78, 5) is 16.9. The molecule has 3 aromatic heterocycles. The molecule has 0 saturated heterocycles. The number of nitrogens with zero attached hydrogens (tertiary/aromatic N) is 5. The minimum absolute atomic E-state index is 0.197. The van der Waals surface area contributed by atoms with Crippen LogP contribution in [-0.4, -0.2) is 38.3 Å². The Morgan fingerprint density at radius 1 is 1.19 bits per heavy atom. The summed E-state index contributed by atoms with van der Waals surface area (Å²) in [6.07, 6.45) is 3.64. The summed E-state index contributed by atoms with van der Waals surface area (Å²) in [6.45, 7) is 3.09. The van der Waals surface area contributed by atoms with Crippen molar-refractivity contribution in [2.24, 2.45) is 20.0 Å². The maximum absolute atomic E-state index is 12.5. The van der Waals surface area contributed by atoms with E-state index in [0.717, 1.165) is 35.7 Å². The minimum Gasteiger partial charge on any atom is -0.495 e. The zero-order chi connectivity index (χ0) is 22.0. The monoisotopic (exact) mass is 424 g/mol. The number of hydrogen-bond acceptors (Lipinski definition) is 7. The number of anilines is 1. The molecule has 164 valence electrons. The Labute approximate surface area is 181 Å². The molecule has 0 radical (unpaired) electrons. The topological polar surface area (TPSA) is 96.1 Å². The highest BCUT2D eigenvalue weighted by Gasteiger charge is 2.40. The molecular formula is C22H28N6O3. The highest BCUT2D eigenvalue weighted by molar-refractivity contribution is 5.43. The van der Waals surface area contributed by atoms with Crippen LogP contribution in [0.1, 0.15) is 36.3 Å². The summed E-state index contributed by atoms with van der Waals surface area (Å²) in [7, 11) is 5.16. The summed E-state index contributed by atoms with van der Waals surface area (Å²) in [5.41, 5.74) is 3.34. The van der Waals surface area contributed by atoms with Crippen LogP contribution in [0.15, 0.2) is 35.3 Å². The van der Waals surface area contributed by atoms with Crippen LogP contribution in [0, 0.1) is 5.92 Å². The maximum atomic E-state index is 12.5. The summed E-state index contributed by atoms with van der Waals surface area (Å²) in [5.74, 6) is 1.95. The van der Waals surface area contributed by atoms with Gasteiger partial charge >= 0.3 is 0 Å². The molecule has 0 spiro atoms. The van der Waals surface area contributed by atoms with Crippen LogP contribution < -0.4 is 20.3 Å². The van der Waals surface area contributed by atoms with Gasteiger partial charge in [-0.3, -0.25) is 14.5 Å². The van der Waals surface area contributed by atoms with E-state index in [1.54, 1.807) is 26.4 Å². The third kappa shape index (κ3) is 4.70. The molecule has 1 saturated carbocycles. The van der Waals surface area contributed by atoms with Crippen molar-refractivity contribution in [3.63, 3.8) is 0 Å². The Bertz CT molecular complexity index is 1110. The van der Waals surface area contributed by atoms with Crippen LogP contribution in [0.3, 0.4) is 0 Å². The molecule has 0 aliphatic heterocycles. The molecule has 9 heteroatoms. The van der Waals surface area contributed by atoms with Crippen molar-refractivity contribution in [1.82, 2.24) is 24.5 Å². The Hall–Kier alpha value is -3.36. The number of ether oxygens (including phenoxy) is 2. The molecule has 31 heavy (non-hydrogen) atoms. The molecule has 1 aliphatic carbocycles. The third-order valence-electron chi connectivity index (χ3n) is 5.63. The summed E-state index contributed by atoms with van der Waals surface area (Å²) in [5, 5.41) is 11.9. The fourth-order valence-electron chi connectivity index (χ4n) is 3.59. The van der Waals surface area contributed by atoms with Crippen LogP contribution in [0.4, 0.5) is 5.69 Å². The van der Waals surface area contributed by atoms with Gasteiger partial charge in [0, 0.05) is 37.7 Å². The van der Waals surface area contributed by atoms with E-state index in [2.05, 4.69) is 27.4 Å². The van der Waals surface area contributed by atoms with Crippen LogP contribution in [-0.2, 0) is 27.1 Å². The second-order valence-corrected chi connectivity index (χ2v) is 7.82. The standard InChI is InChI=1S/C22H28N6O3/c1-5-15-9-16(27(2)25-15)11-23-20-10-21(26-28(3)22(20)29)31-13-14-8-18(14)19-7-6-17(30-4)12-24-19/h6-7,9-10,12,14,18,23H,5,8,11,13H2,1-4H3. The molecule has 4 rings (SSSR count). The normalized spacial score (nSPS) is 17.4. The highest BCUT2D eigenvalue weighted by Crippen LogP contribution is 2.46. The summed E-state index contributed by atoms with van der Waals surface area (Å²) < 4.78 is 14.2. The van der Waals surface area contributed by atoms with Gasteiger partial charge in [0.15, 0.2) is 0 Å². The lowest BCUT2D eigenvalue weighted by Gasteiger charge is -2.11. The van der Waals surface area contributed by atoms with Gasteiger partial charge in [0.2, 0.25) is 5.88 Å². The first-order valence-electron chi connectivity index (χ1n) is 10.4. The van der Waals surface area contributed by atoms with E-state index in [0.29, 0.717) is 36.6 Å². The molecule has 0 aromatic carbocycles. The predicted octanol–water partition coefficient (Wildman–Crippen LogP) is 2.27. The van der Waals surface area contributed by atoms with E-state index in [1.807, 2.05) is 29.9 Å². The van der Waals surface area contributed by atoms with Crippen molar-refractivity contribution in [2.75, 3.05) is 19.0 Å². The van der Waals surface area contributed by atoms with Gasteiger partial charge in [-0.15, -0.1) is 5.10 Å². The van der Waals surface area contributed by atoms with Gasteiger partial charge in [-0.25, -0.2) is 4.68 Å². The van der Waals surface area contributed by atoms with Gasteiger partial charge in [0.1, 0.15) is 11.4 Å². The second-order valence-electron chi connectivity index (χ2n) is 7.82. The van der Waals surface area contributed by atoms with Gasteiger partial charge < -0.3 is 14.8 Å². The van der Waals surface area contributed by atoms with Gasteiger partial charge in [0.25, 0.3) is 5.56 Å². The Kier molecular flexibility index (Phi) is 5.92. The smallest absolute Gasteiger partial charge is 0.290 e. The lowest BCUT2D eigenvalue weighted by Crippen LogP contribution is -2.24. The molecule has 0 amide bonds. The average molecular weight is 425 g/mol. The number of nitrogens with one attached hydrogen (secondary N) is 1. The number of rotatable bonds is 9. The lowest BCUT2D eigenvalue weighted by atomic mass is 10.2. The second kappa shape index (κ2) is 8.79. The molecule has 3 heterocycles. The molecule has 1 N–H and O–H groups in total. The Morgan fingerprint density at radius 2 is 2.03 bits per heavy atom. The lowest BCUT2D eigenvalue weighted by molar-refractivity contribution is 0.278. The maximum Gasteiger partial charge on any atom is 0.290 e. The molecule has 2 atom stereocenters. The van der Waals surface area contributed by atoms with Gasteiger partial charge in [-0.1, -0.05) is 6.92 Å². The van der Waals surface area contributed by atoms with Crippen LogP contribution in [0.2, 0.25) is 0 Å². The number of aromatic nitrogens is 5. The van der Waals surface area contributed by atoms with Gasteiger partial charge in [-0.2, -0.15) is 5.10 Å². The molecule has 2 unspecified atom stereocenters. The summed E-state index contributed by atoms with van der Waals surface area (Å²) in [6, 6.07) is 7.63. The third-order valence-corrected chi connectivity index (χ3v) is 5.63. The van der Waals surface area contributed by atoms with E-state index in [-0.39, 0.29) is 5.56 Å². The largest absolute Gasteiger partial charge is 0.495 e. The zero-order valence-corrected chi connectivity index (χ0v) is 18.3. The Morgan fingerprint density at radius 3 is 2.71 bits per heavy atom. The Balaban J connectivity index is 1.37. The first kappa shape index (κ1) is 20.9. The van der Waals surface area contributed by atoms with E-state index < -0.39 is 0 Å². The van der Waals surface area contributed by atoms with E-state index in [9.17, 15) is 4.79 Å². The summed E-state index contributed by atoms with van der Waals surface area (Å²) >= 11 is 0. The molecule has 1 fully saturated rings. The van der Waals surface area contributed by atoms with Gasteiger partial charge in [0.05, 0.1) is 37.8 Å². The fourth-order valence-corrected chi connectivity index (χ4v) is 3.59. The van der Waals surface area contributed by atoms with Crippen molar-refractivity contribution >= 4 is 5.69 Å². The molecule has 1 aliphatic rings. The van der Waals surface area contributed by atoms with E-state index in [4.69, 9.17) is 9.47 Å². The van der Waals surface area contributed by atoms with Crippen LogP contribution >= 0.6 is 0 Å². The van der Waals surface area contributed by atoms with Crippen molar-refractivity contribution in [3.05, 3.63) is 57.9 Å². The number of hydrogen-bond donors (Lipinski definition) is 1. The molecular weight excluding hydrogens is 396 g/mol. The number of pyridine rings is 1. The molecule has 9 nitrogen and oxygen atoms in total. The predicted molar refractivity (Wildman–Crippen MR) is 117 cm³/mol. The minimum atomic E-state index is -0.197. The fraction of sp³-hybridized carbons (Fsp3) is 0.455. The zero-order valence-electron chi connectivity index (χ0n) is 18.3. The average Bonchev–Trinajstić information content (AvgIpc) is 3.47. The SMILES string of the molecule is CCc1cc(CNc2cc(OCC3CC3c3ccc(OC)cn3)nn(C)c2=O)n(C)n1. The van der Waals surface area contributed by atoms with Crippen LogP contribution in [0.5, 0.6) is 11.6 Å². The number of methoxy groups -OCH3 is 1. The van der Waals surface area contributed by atoms with Crippen LogP contribution in [0.25, 0.3) is 0 Å². The molecule has 0 bridgehead atoms. The molecule has 3 aromatic rings. The van der Waals surface area contributed by atoms with E-state index >= 15 is 0 Å². The van der Waals surface area contributed by atoms with Crippen molar-refractivity contribution in [2.45, 2.75) is 32.2 Å². The number of aryl methyl sites for hydroxylation is 3. The highest BCUT2D eigenvalue weighted by atomic mass is 16.5. The van der Waals surface area contributed by atoms with Crippen molar-refractivity contribution in [1.29, 1.82) is 0 Å². The first-order chi connectivity index (χ1) is 15.0. The first-order valence-corrected chi connectivity index (χ1v) is 10.4.